The normalized spacial score (nSPS) is 10.9. The van der Waals surface area contributed by atoms with E-state index in [2.05, 4.69) is 27.3 Å². The highest BCUT2D eigenvalue weighted by molar-refractivity contribution is 6.04. The Kier molecular flexibility index (Phi) is 4.41. The predicted molar refractivity (Wildman–Crippen MR) is 90.7 cm³/mol. The van der Waals surface area contributed by atoms with Crippen LogP contribution in [0.25, 0.3) is 10.8 Å². The minimum absolute atomic E-state index is 0.237. The summed E-state index contributed by atoms with van der Waals surface area (Å²) >= 11 is 0. The molecule has 2 heterocycles. The number of hydrogen-bond donors (Lipinski definition) is 2. The number of rotatable bonds is 5. The van der Waals surface area contributed by atoms with E-state index in [-0.39, 0.29) is 17.2 Å². The number of aromatic amines is 2. The molecule has 0 fully saturated rings. The zero-order chi connectivity index (χ0) is 17.1. The monoisotopic (exact) mass is 325 g/mol. The third kappa shape index (κ3) is 3.05. The Morgan fingerprint density at radius 2 is 1.92 bits per heavy atom. The number of carbonyl (C=O) groups excluding carboxylic acids is 1. The van der Waals surface area contributed by atoms with E-state index in [4.69, 9.17) is 0 Å². The SMILES string of the molecule is CCCc1cc(CN(C)C(=O)c2n[nH]c(=O)c3ccccc23)[nH]n1. The molecule has 1 aromatic carbocycles. The molecule has 0 bridgehead atoms. The van der Waals surface area contributed by atoms with Crippen molar-refractivity contribution in [3.63, 3.8) is 0 Å². The topological polar surface area (TPSA) is 94.7 Å². The van der Waals surface area contributed by atoms with Gasteiger partial charge in [-0.2, -0.15) is 10.2 Å². The molecular formula is C17H19N5O2. The molecule has 3 aromatic rings. The van der Waals surface area contributed by atoms with E-state index in [1.54, 1.807) is 36.2 Å². The number of fused-ring (bicyclic) bond motifs is 1. The van der Waals surface area contributed by atoms with Gasteiger partial charge in [0.1, 0.15) is 0 Å². The molecular weight excluding hydrogens is 306 g/mol. The molecule has 0 unspecified atom stereocenters. The van der Waals surface area contributed by atoms with Crippen LogP contribution in [0.4, 0.5) is 0 Å². The Hall–Kier alpha value is -2.96. The summed E-state index contributed by atoms with van der Waals surface area (Å²) in [6.45, 7) is 2.49. The first-order valence-corrected chi connectivity index (χ1v) is 7.86. The molecule has 2 aromatic heterocycles. The lowest BCUT2D eigenvalue weighted by atomic mass is 10.1. The van der Waals surface area contributed by atoms with Gasteiger partial charge in [-0.3, -0.25) is 14.7 Å². The second-order valence-electron chi connectivity index (χ2n) is 5.74. The van der Waals surface area contributed by atoms with Crippen LogP contribution < -0.4 is 5.56 Å². The average Bonchev–Trinajstić information content (AvgIpc) is 3.02. The Bertz CT molecular complexity index is 928. The zero-order valence-electron chi connectivity index (χ0n) is 13.7. The minimum Gasteiger partial charge on any atom is -0.334 e. The first-order valence-electron chi connectivity index (χ1n) is 7.86. The largest absolute Gasteiger partial charge is 0.334 e. The molecule has 7 heteroatoms. The van der Waals surface area contributed by atoms with E-state index in [1.807, 2.05) is 6.07 Å². The standard InChI is InChI=1S/C17H19N5O2/c1-3-6-11-9-12(19-18-11)10-22(2)17(24)15-13-7-4-5-8-14(13)16(23)21-20-15/h4-5,7-9H,3,6,10H2,1-2H3,(H,18,19)(H,21,23). The molecule has 0 saturated carbocycles. The summed E-state index contributed by atoms with van der Waals surface area (Å²) in [6, 6.07) is 8.92. The van der Waals surface area contributed by atoms with Crippen molar-refractivity contribution in [2.45, 2.75) is 26.3 Å². The lowest BCUT2D eigenvalue weighted by Crippen LogP contribution is -2.28. The van der Waals surface area contributed by atoms with Gasteiger partial charge in [0.2, 0.25) is 0 Å². The van der Waals surface area contributed by atoms with E-state index in [9.17, 15) is 9.59 Å². The molecule has 124 valence electrons. The summed E-state index contributed by atoms with van der Waals surface area (Å²) in [5.74, 6) is -0.255. The number of H-pyrrole nitrogens is 2. The summed E-state index contributed by atoms with van der Waals surface area (Å²) in [5.41, 5.74) is 1.78. The van der Waals surface area contributed by atoms with Crippen LogP contribution in [0.5, 0.6) is 0 Å². The molecule has 0 aliphatic heterocycles. The third-order valence-corrected chi connectivity index (χ3v) is 3.84. The number of aryl methyl sites for hydroxylation is 1. The van der Waals surface area contributed by atoms with E-state index >= 15 is 0 Å². The Morgan fingerprint density at radius 1 is 1.17 bits per heavy atom. The number of benzene rings is 1. The van der Waals surface area contributed by atoms with Gasteiger partial charge in [-0.05, 0) is 18.6 Å². The van der Waals surface area contributed by atoms with E-state index in [1.165, 1.54) is 0 Å². The van der Waals surface area contributed by atoms with Crippen LogP contribution in [0.2, 0.25) is 0 Å². The van der Waals surface area contributed by atoms with E-state index in [0.717, 1.165) is 24.2 Å². The number of aromatic nitrogens is 4. The van der Waals surface area contributed by atoms with Gasteiger partial charge in [0.05, 0.1) is 23.3 Å². The van der Waals surface area contributed by atoms with Gasteiger partial charge < -0.3 is 4.90 Å². The fourth-order valence-electron chi connectivity index (χ4n) is 2.66. The third-order valence-electron chi connectivity index (χ3n) is 3.84. The van der Waals surface area contributed by atoms with Gasteiger partial charge in [-0.15, -0.1) is 0 Å². The highest BCUT2D eigenvalue weighted by Crippen LogP contribution is 2.15. The van der Waals surface area contributed by atoms with Gasteiger partial charge >= 0.3 is 0 Å². The maximum Gasteiger partial charge on any atom is 0.275 e. The maximum absolute atomic E-state index is 12.7. The van der Waals surface area contributed by atoms with Crippen molar-refractivity contribution in [3.05, 3.63) is 57.8 Å². The van der Waals surface area contributed by atoms with Crippen molar-refractivity contribution >= 4 is 16.7 Å². The summed E-state index contributed by atoms with van der Waals surface area (Å²) in [5, 5.41) is 14.5. The molecule has 0 radical (unpaired) electrons. The van der Waals surface area contributed by atoms with Crippen molar-refractivity contribution in [2.75, 3.05) is 7.05 Å². The van der Waals surface area contributed by atoms with Gasteiger partial charge in [-0.1, -0.05) is 31.5 Å². The lowest BCUT2D eigenvalue weighted by Gasteiger charge is -2.16. The second-order valence-corrected chi connectivity index (χ2v) is 5.74. The fraction of sp³-hybridized carbons (Fsp3) is 0.294. The smallest absolute Gasteiger partial charge is 0.275 e. The van der Waals surface area contributed by atoms with Crippen molar-refractivity contribution in [1.29, 1.82) is 0 Å². The Balaban J connectivity index is 1.85. The highest BCUT2D eigenvalue weighted by Gasteiger charge is 2.18. The average molecular weight is 325 g/mol. The minimum atomic E-state index is -0.303. The quantitative estimate of drug-likeness (QED) is 0.748. The molecule has 7 nitrogen and oxygen atoms in total. The molecule has 24 heavy (non-hydrogen) atoms. The van der Waals surface area contributed by atoms with E-state index < -0.39 is 0 Å². The van der Waals surface area contributed by atoms with Gasteiger partial charge in [0.25, 0.3) is 11.5 Å². The van der Waals surface area contributed by atoms with Crippen molar-refractivity contribution < 1.29 is 4.79 Å². The Labute approximate surface area is 138 Å². The van der Waals surface area contributed by atoms with Crippen LogP contribution in [0.3, 0.4) is 0 Å². The van der Waals surface area contributed by atoms with Gasteiger partial charge in [-0.25, -0.2) is 5.10 Å². The molecule has 0 spiro atoms. The zero-order valence-corrected chi connectivity index (χ0v) is 13.7. The van der Waals surface area contributed by atoms with Crippen LogP contribution in [0, 0.1) is 0 Å². The predicted octanol–water partition coefficient (Wildman–Crippen LogP) is 1.87. The van der Waals surface area contributed by atoms with Crippen LogP contribution in [0.1, 0.15) is 35.2 Å². The molecule has 0 aliphatic carbocycles. The summed E-state index contributed by atoms with van der Waals surface area (Å²) < 4.78 is 0. The molecule has 2 N–H and O–H groups in total. The first kappa shape index (κ1) is 15.9. The number of nitrogens with zero attached hydrogens (tertiary/aromatic N) is 3. The second kappa shape index (κ2) is 6.66. The van der Waals surface area contributed by atoms with Gasteiger partial charge in [0, 0.05) is 12.4 Å². The molecule has 3 rings (SSSR count). The summed E-state index contributed by atoms with van der Waals surface area (Å²) in [6.07, 6.45) is 1.92. The Morgan fingerprint density at radius 3 is 2.67 bits per heavy atom. The highest BCUT2D eigenvalue weighted by atomic mass is 16.2. The molecule has 0 aliphatic rings. The maximum atomic E-state index is 12.7. The molecule has 1 amide bonds. The van der Waals surface area contributed by atoms with Crippen molar-refractivity contribution in [3.8, 4) is 0 Å². The summed E-state index contributed by atoms with van der Waals surface area (Å²) in [4.78, 5) is 26.1. The van der Waals surface area contributed by atoms with Crippen LogP contribution in [0.15, 0.2) is 35.1 Å². The summed E-state index contributed by atoms with van der Waals surface area (Å²) in [7, 11) is 1.70. The van der Waals surface area contributed by atoms with Crippen LogP contribution >= 0.6 is 0 Å². The number of carbonyl (C=O) groups is 1. The van der Waals surface area contributed by atoms with E-state index in [0.29, 0.717) is 17.3 Å². The fourth-order valence-corrected chi connectivity index (χ4v) is 2.66. The van der Waals surface area contributed by atoms with Crippen molar-refractivity contribution in [2.24, 2.45) is 0 Å². The lowest BCUT2D eigenvalue weighted by molar-refractivity contribution is 0.0778. The van der Waals surface area contributed by atoms with Crippen molar-refractivity contribution in [1.82, 2.24) is 25.3 Å². The molecule has 0 atom stereocenters. The van der Waals surface area contributed by atoms with Crippen LogP contribution in [-0.4, -0.2) is 38.2 Å². The van der Waals surface area contributed by atoms with Gasteiger partial charge in [0.15, 0.2) is 5.69 Å². The first-order chi connectivity index (χ1) is 11.6. The number of nitrogens with one attached hydrogen (secondary N) is 2. The van der Waals surface area contributed by atoms with Crippen LogP contribution in [-0.2, 0) is 13.0 Å². The molecule has 0 saturated heterocycles. The number of amides is 1. The number of hydrogen-bond acceptors (Lipinski definition) is 4.